The molecule has 0 aromatic rings. The molecule has 2 nitrogen and oxygen atoms in total. The zero-order valence-corrected chi connectivity index (χ0v) is 9.92. The highest BCUT2D eigenvalue weighted by Gasteiger charge is 2.38. The Morgan fingerprint density at radius 2 is 2.27 bits per heavy atom. The van der Waals surface area contributed by atoms with Gasteiger partial charge in [0.2, 0.25) is 0 Å². The molecule has 2 heteroatoms. The average molecular weight is 210 g/mol. The highest BCUT2D eigenvalue weighted by molar-refractivity contribution is 5.81. The summed E-state index contributed by atoms with van der Waals surface area (Å²) in [6.45, 7) is 7.77. The predicted octanol–water partition coefficient (Wildman–Crippen LogP) is 3.46. The number of hydrogen-bond donors (Lipinski definition) is 0. The molecular weight excluding hydrogens is 188 g/mol. The van der Waals surface area contributed by atoms with E-state index in [9.17, 15) is 4.79 Å². The van der Waals surface area contributed by atoms with Crippen molar-refractivity contribution in [2.24, 2.45) is 5.92 Å². The molecule has 0 aromatic carbocycles. The van der Waals surface area contributed by atoms with E-state index in [1.807, 2.05) is 0 Å². The van der Waals surface area contributed by atoms with Gasteiger partial charge in [0.1, 0.15) is 5.60 Å². The van der Waals surface area contributed by atoms with E-state index >= 15 is 0 Å². The number of esters is 1. The smallest absolute Gasteiger partial charge is 0.330 e. The minimum absolute atomic E-state index is 0.234. The molecule has 0 aromatic heterocycles. The molecule has 1 aliphatic carbocycles. The van der Waals surface area contributed by atoms with Gasteiger partial charge in [0.25, 0.3) is 0 Å². The minimum Gasteiger partial charge on any atom is -0.456 e. The molecule has 2 atom stereocenters. The zero-order chi connectivity index (χ0) is 11.3. The molecule has 86 valence electrons. The van der Waals surface area contributed by atoms with Crippen LogP contribution in [0.1, 0.15) is 52.4 Å². The summed E-state index contributed by atoms with van der Waals surface area (Å²) in [4.78, 5) is 11.4. The van der Waals surface area contributed by atoms with Crippen molar-refractivity contribution in [2.75, 3.05) is 0 Å². The first kappa shape index (κ1) is 12.3. The fraction of sp³-hybridized carbons (Fsp3) is 0.769. The number of rotatable bonds is 3. The van der Waals surface area contributed by atoms with Gasteiger partial charge < -0.3 is 4.74 Å². The van der Waals surface area contributed by atoms with E-state index in [1.54, 1.807) is 0 Å². The second-order valence-electron chi connectivity index (χ2n) is 4.54. The van der Waals surface area contributed by atoms with Gasteiger partial charge in [0.15, 0.2) is 0 Å². The Bertz CT molecular complexity index is 235. The molecule has 1 fully saturated rings. The van der Waals surface area contributed by atoms with Gasteiger partial charge in [0, 0.05) is 6.08 Å². The summed E-state index contributed by atoms with van der Waals surface area (Å²) in [5, 5.41) is 0. The van der Waals surface area contributed by atoms with Gasteiger partial charge in [-0.1, -0.05) is 33.3 Å². The normalized spacial score (nSPS) is 31.7. The third-order valence-corrected chi connectivity index (χ3v) is 3.70. The molecule has 0 radical (unpaired) electrons. The van der Waals surface area contributed by atoms with E-state index in [1.165, 1.54) is 25.3 Å². The van der Waals surface area contributed by atoms with E-state index in [0.717, 1.165) is 19.3 Å². The van der Waals surface area contributed by atoms with Crippen molar-refractivity contribution in [2.45, 2.75) is 58.0 Å². The van der Waals surface area contributed by atoms with Gasteiger partial charge in [-0.15, -0.1) is 0 Å². The second-order valence-corrected chi connectivity index (χ2v) is 4.54. The van der Waals surface area contributed by atoms with Gasteiger partial charge in [0.05, 0.1) is 0 Å². The van der Waals surface area contributed by atoms with Crippen molar-refractivity contribution >= 4 is 5.97 Å². The van der Waals surface area contributed by atoms with Crippen LogP contribution < -0.4 is 0 Å². The van der Waals surface area contributed by atoms with Crippen molar-refractivity contribution < 1.29 is 9.53 Å². The van der Waals surface area contributed by atoms with Crippen molar-refractivity contribution in [1.82, 2.24) is 0 Å². The van der Waals surface area contributed by atoms with Crippen molar-refractivity contribution in [3.63, 3.8) is 0 Å². The van der Waals surface area contributed by atoms with Gasteiger partial charge in [-0.05, 0) is 31.6 Å². The summed E-state index contributed by atoms with van der Waals surface area (Å²) in [6, 6.07) is 0. The van der Waals surface area contributed by atoms with Crippen LogP contribution in [-0.4, -0.2) is 11.6 Å². The number of hydrogen-bond acceptors (Lipinski definition) is 2. The third kappa shape index (κ3) is 2.83. The summed E-state index contributed by atoms with van der Waals surface area (Å²) in [7, 11) is 0. The average Bonchev–Trinajstić information content (AvgIpc) is 2.42. The van der Waals surface area contributed by atoms with Crippen LogP contribution in [0.25, 0.3) is 0 Å². The van der Waals surface area contributed by atoms with Crippen LogP contribution in [0.3, 0.4) is 0 Å². The molecule has 0 N–H and O–H groups in total. The minimum atomic E-state index is -0.273. The lowest BCUT2D eigenvalue weighted by atomic mass is 9.82. The summed E-state index contributed by atoms with van der Waals surface area (Å²) in [5.74, 6) is 0.194. The Labute approximate surface area is 92.7 Å². The van der Waals surface area contributed by atoms with Crippen LogP contribution in [-0.2, 0) is 9.53 Å². The Balaban J connectivity index is 2.78. The van der Waals surface area contributed by atoms with Crippen LogP contribution >= 0.6 is 0 Å². The van der Waals surface area contributed by atoms with E-state index in [0.29, 0.717) is 5.92 Å². The highest BCUT2D eigenvalue weighted by atomic mass is 16.6. The summed E-state index contributed by atoms with van der Waals surface area (Å²) in [5.41, 5.74) is -0.234. The molecule has 15 heavy (non-hydrogen) atoms. The molecule has 0 aliphatic heterocycles. The third-order valence-electron chi connectivity index (χ3n) is 3.70. The van der Waals surface area contributed by atoms with E-state index in [-0.39, 0.29) is 11.6 Å². The lowest BCUT2D eigenvalue weighted by Crippen LogP contribution is -2.40. The molecule has 2 unspecified atom stereocenters. The molecule has 0 amide bonds. The lowest BCUT2D eigenvalue weighted by Gasteiger charge is -2.36. The van der Waals surface area contributed by atoms with Crippen molar-refractivity contribution in [3.05, 3.63) is 12.7 Å². The van der Waals surface area contributed by atoms with Gasteiger partial charge in [-0.2, -0.15) is 0 Å². The standard InChI is InChI=1S/C13H22O2/c1-4-12(14)15-13(5-2)10-8-6-7-9-11(13)3/h4,11H,1,5-10H2,2-3H3. The van der Waals surface area contributed by atoms with Crippen LogP contribution in [0, 0.1) is 5.92 Å². The van der Waals surface area contributed by atoms with E-state index in [4.69, 9.17) is 4.74 Å². The largest absolute Gasteiger partial charge is 0.456 e. The summed E-state index contributed by atoms with van der Waals surface area (Å²) >= 11 is 0. The van der Waals surface area contributed by atoms with Crippen LogP contribution in [0.2, 0.25) is 0 Å². The molecule has 0 saturated heterocycles. The maximum atomic E-state index is 11.4. The lowest BCUT2D eigenvalue weighted by molar-refractivity contribution is -0.161. The van der Waals surface area contributed by atoms with E-state index < -0.39 is 0 Å². The van der Waals surface area contributed by atoms with Gasteiger partial charge in [-0.3, -0.25) is 0 Å². The molecule has 1 saturated carbocycles. The topological polar surface area (TPSA) is 26.3 Å². The van der Waals surface area contributed by atoms with Crippen molar-refractivity contribution in [1.29, 1.82) is 0 Å². The first-order chi connectivity index (χ1) is 7.14. The maximum absolute atomic E-state index is 11.4. The SMILES string of the molecule is C=CC(=O)OC1(CC)CCCCCC1C. The van der Waals surface area contributed by atoms with Crippen LogP contribution in [0.5, 0.6) is 0 Å². The first-order valence-corrected chi connectivity index (χ1v) is 6.00. The number of ether oxygens (including phenoxy) is 1. The first-order valence-electron chi connectivity index (χ1n) is 6.00. The number of carbonyl (C=O) groups excluding carboxylic acids is 1. The molecule has 0 spiro atoms. The highest BCUT2D eigenvalue weighted by Crippen LogP contribution is 2.38. The van der Waals surface area contributed by atoms with E-state index in [2.05, 4.69) is 20.4 Å². The number of carbonyl (C=O) groups is 1. The Morgan fingerprint density at radius 3 is 2.87 bits per heavy atom. The monoisotopic (exact) mass is 210 g/mol. The summed E-state index contributed by atoms with van der Waals surface area (Å²) in [6.07, 6.45) is 8.04. The van der Waals surface area contributed by atoms with Crippen LogP contribution in [0.15, 0.2) is 12.7 Å². The predicted molar refractivity (Wildman–Crippen MR) is 61.6 cm³/mol. The molecule has 0 bridgehead atoms. The fourth-order valence-electron chi connectivity index (χ4n) is 2.55. The fourth-order valence-corrected chi connectivity index (χ4v) is 2.55. The Kier molecular flexibility index (Phi) is 4.37. The van der Waals surface area contributed by atoms with Gasteiger partial charge >= 0.3 is 5.97 Å². The second kappa shape index (κ2) is 5.34. The molecule has 1 aliphatic rings. The quantitative estimate of drug-likeness (QED) is 0.405. The van der Waals surface area contributed by atoms with Crippen LogP contribution in [0.4, 0.5) is 0 Å². The molecule has 1 rings (SSSR count). The van der Waals surface area contributed by atoms with Gasteiger partial charge in [-0.25, -0.2) is 4.79 Å². The van der Waals surface area contributed by atoms with Crippen molar-refractivity contribution in [3.8, 4) is 0 Å². The summed E-state index contributed by atoms with van der Waals surface area (Å²) < 4.78 is 5.61. The Morgan fingerprint density at radius 1 is 1.53 bits per heavy atom. The molecular formula is C13H22O2. The zero-order valence-electron chi connectivity index (χ0n) is 9.92. The molecule has 0 heterocycles. The Hall–Kier alpha value is -0.790. The maximum Gasteiger partial charge on any atom is 0.330 e.